The summed E-state index contributed by atoms with van der Waals surface area (Å²) < 4.78 is 5.31. The third-order valence-electron chi connectivity index (χ3n) is 3.99. The largest absolute Gasteiger partial charge is 0.497 e. The Kier molecular flexibility index (Phi) is 3.74. The number of amides is 1. The molecule has 4 aromatic rings. The number of ether oxygens (including phenoxy) is 1. The van der Waals surface area contributed by atoms with Crippen LogP contribution in [0.15, 0.2) is 66.9 Å². The van der Waals surface area contributed by atoms with Crippen molar-refractivity contribution in [1.82, 2.24) is 9.97 Å². The fraction of sp³-hybridized carbons (Fsp3) is 0.0500. The third kappa shape index (κ3) is 2.87. The molecule has 0 aliphatic heterocycles. The van der Waals surface area contributed by atoms with E-state index in [0.29, 0.717) is 22.6 Å². The van der Waals surface area contributed by atoms with Gasteiger partial charge in [-0.15, -0.1) is 0 Å². The third-order valence-corrected chi connectivity index (χ3v) is 3.99. The average molecular weight is 329 g/mol. The lowest BCUT2D eigenvalue weighted by Gasteiger charge is -2.10. The molecular formula is C20H15N3O2. The van der Waals surface area contributed by atoms with Crippen molar-refractivity contribution in [1.29, 1.82) is 0 Å². The molecule has 0 aliphatic carbocycles. The number of carbonyl (C=O) groups is 1. The van der Waals surface area contributed by atoms with Gasteiger partial charge in [0, 0.05) is 23.0 Å². The summed E-state index contributed by atoms with van der Waals surface area (Å²) in [5, 5.41) is 4.78. The lowest BCUT2D eigenvalue weighted by molar-refractivity contribution is 0.102. The van der Waals surface area contributed by atoms with Gasteiger partial charge in [0.05, 0.1) is 23.8 Å². The lowest BCUT2D eigenvalue weighted by atomic mass is 10.1. The second kappa shape index (κ2) is 6.20. The normalized spacial score (nSPS) is 10.8. The predicted octanol–water partition coefficient (Wildman–Crippen LogP) is 4.04. The molecule has 0 saturated heterocycles. The molecule has 2 heterocycles. The Morgan fingerprint density at radius 1 is 1.00 bits per heavy atom. The van der Waals surface area contributed by atoms with Gasteiger partial charge in [-0.2, -0.15) is 0 Å². The summed E-state index contributed by atoms with van der Waals surface area (Å²) in [4.78, 5) is 21.5. The van der Waals surface area contributed by atoms with Crippen molar-refractivity contribution < 1.29 is 9.53 Å². The molecule has 0 spiro atoms. The molecule has 1 amide bonds. The number of anilines is 1. The first-order valence-electron chi connectivity index (χ1n) is 7.84. The Bertz CT molecular complexity index is 1090. The number of rotatable bonds is 3. The van der Waals surface area contributed by atoms with Gasteiger partial charge < -0.3 is 10.1 Å². The molecule has 122 valence electrons. The fourth-order valence-electron chi connectivity index (χ4n) is 2.76. The van der Waals surface area contributed by atoms with Crippen molar-refractivity contribution in [3.8, 4) is 5.75 Å². The Labute approximate surface area is 144 Å². The average Bonchev–Trinajstić information content (AvgIpc) is 2.67. The van der Waals surface area contributed by atoms with E-state index in [0.717, 1.165) is 16.3 Å². The van der Waals surface area contributed by atoms with Crippen molar-refractivity contribution >= 4 is 33.4 Å². The number of nitrogens with zero attached hydrogens (tertiary/aromatic N) is 2. The highest BCUT2D eigenvalue weighted by Gasteiger charge is 2.12. The molecule has 4 rings (SSSR count). The van der Waals surface area contributed by atoms with Crippen LogP contribution in [0.5, 0.6) is 5.75 Å². The molecule has 2 aromatic carbocycles. The Morgan fingerprint density at radius 3 is 2.72 bits per heavy atom. The molecule has 0 atom stereocenters. The molecule has 25 heavy (non-hydrogen) atoms. The molecule has 0 fully saturated rings. The van der Waals surface area contributed by atoms with Crippen molar-refractivity contribution in [2.75, 3.05) is 12.4 Å². The minimum Gasteiger partial charge on any atom is -0.497 e. The highest BCUT2D eigenvalue weighted by atomic mass is 16.5. The van der Waals surface area contributed by atoms with Crippen LogP contribution in [0.4, 0.5) is 5.69 Å². The molecule has 5 nitrogen and oxygen atoms in total. The van der Waals surface area contributed by atoms with Crippen LogP contribution >= 0.6 is 0 Å². The van der Waals surface area contributed by atoms with Crippen LogP contribution in [0.25, 0.3) is 21.8 Å². The maximum atomic E-state index is 12.7. The van der Waals surface area contributed by atoms with Crippen molar-refractivity contribution in [2.24, 2.45) is 0 Å². The van der Waals surface area contributed by atoms with Crippen LogP contribution in [-0.2, 0) is 0 Å². The number of benzene rings is 2. The van der Waals surface area contributed by atoms with Crippen molar-refractivity contribution in [2.45, 2.75) is 0 Å². The van der Waals surface area contributed by atoms with Gasteiger partial charge in [0.25, 0.3) is 5.91 Å². The highest BCUT2D eigenvalue weighted by molar-refractivity contribution is 6.08. The number of nitrogens with one attached hydrogen (secondary N) is 1. The zero-order valence-corrected chi connectivity index (χ0v) is 13.6. The maximum Gasteiger partial charge on any atom is 0.274 e. The lowest BCUT2D eigenvalue weighted by Crippen LogP contribution is -2.14. The number of aromatic nitrogens is 2. The number of methoxy groups -OCH3 is 1. The van der Waals surface area contributed by atoms with E-state index in [1.165, 1.54) is 0 Å². The monoisotopic (exact) mass is 329 g/mol. The number of hydrogen-bond donors (Lipinski definition) is 1. The van der Waals surface area contributed by atoms with Crippen LogP contribution in [0.3, 0.4) is 0 Å². The zero-order chi connectivity index (χ0) is 17.2. The van der Waals surface area contributed by atoms with Crippen molar-refractivity contribution in [3.63, 3.8) is 0 Å². The van der Waals surface area contributed by atoms with Crippen LogP contribution in [0.2, 0.25) is 0 Å². The maximum absolute atomic E-state index is 12.7. The highest BCUT2D eigenvalue weighted by Crippen LogP contribution is 2.28. The zero-order valence-electron chi connectivity index (χ0n) is 13.6. The summed E-state index contributed by atoms with van der Waals surface area (Å²) in [5.41, 5.74) is 2.43. The van der Waals surface area contributed by atoms with E-state index in [1.54, 1.807) is 25.4 Å². The number of para-hydroxylation sites is 1. The summed E-state index contributed by atoms with van der Waals surface area (Å²) in [5.74, 6) is 0.369. The second-order valence-corrected chi connectivity index (χ2v) is 5.59. The van der Waals surface area contributed by atoms with E-state index >= 15 is 0 Å². The van der Waals surface area contributed by atoms with E-state index < -0.39 is 0 Å². The number of carbonyl (C=O) groups excluding carboxylic acids is 1. The fourth-order valence-corrected chi connectivity index (χ4v) is 2.76. The van der Waals surface area contributed by atoms with Gasteiger partial charge in [-0.3, -0.25) is 9.78 Å². The van der Waals surface area contributed by atoms with E-state index in [4.69, 9.17) is 4.74 Å². The summed E-state index contributed by atoms with van der Waals surface area (Å²) >= 11 is 0. The van der Waals surface area contributed by atoms with E-state index in [9.17, 15) is 4.79 Å². The van der Waals surface area contributed by atoms with Crippen LogP contribution in [0.1, 0.15) is 10.5 Å². The molecular weight excluding hydrogens is 314 g/mol. The van der Waals surface area contributed by atoms with Gasteiger partial charge in [-0.05, 0) is 24.3 Å². The first-order chi connectivity index (χ1) is 12.2. The van der Waals surface area contributed by atoms with E-state index in [1.807, 2.05) is 48.5 Å². The first kappa shape index (κ1) is 15.1. The number of pyridine rings is 2. The van der Waals surface area contributed by atoms with Crippen LogP contribution < -0.4 is 10.1 Å². The van der Waals surface area contributed by atoms with E-state index in [2.05, 4.69) is 15.3 Å². The van der Waals surface area contributed by atoms with E-state index in [-0.39, 0.29) is 5.91 Å². The van der Waals surface area contributed by atoms with Gasteiger partial charge in [-0.1, -0.05) is 30.3 Å². The summed E-state index contributed by atoms with van der Waals surface area (Å²) in [7, 11) is 1.59. The molecule has 0 saturated carbocycles. The van der Waals surface area contributed by atoms with Gasteiger partial charge in [0.2, 0.25) is 0 Å². The topological polar surface area (TPSA) is 64.1 Å². The Balaban J connectivity index is 1.73. The van der Waals surface area contributed by atoms with Gasteiger partial charge in [0.15, 0.2) is 0 Å². The summed E-state index contributed by atoms with van der Waals surface area (Å²) in [6, 6.07) is 18.7. The molecule has 0 bridgehead atoms. The Hall–Kier alpha value is -3.47. The predicted molar refractivity (Wildman–Crippen MR) is 98.0 cm³/mol. The molecule has 0 unspecified atom stereocenters. The standard InChI is InChI=1S/C20H15N3O2/c1-25-15-11-14-6-4-10-21-19(14)18(12-15)23-20(24)17-9-8-13-5-2-3-7-16(13)22-17/h2-12H,1H3,(H,23,24). The van der Waals surface area contributed by atoms with Gasteiger partial charge >= 0.3 is 0 Å². The van der Waals surface area contributed by atoms with Gasteiger partial charge in [0.1, 0.15) is 11.4 Å². The smallest absolute Gasteiger partial charge is 0.274 e. The summed E-state index contributed by atoms with van der Waals surface area (Å²) in [6.07, 6.45) is 1.69. The summed E-state index contributed by atoms with van der Waals surface area (Å²) in [6.45, 7) is 0. The minimum atomic E-state index is -0.286. The molecule has 0 radical (unpaired) electrons. The first-order valence-corrected chi connectivity index (χ1v) is 7.84. The molecule has 0 aliphatic rings. The van der Waals surface area contributed by atoms with Crippen LogP contribution in [0, 0.1) is 0 Å². The van der Waals surface area contributed by atoms with Crippen LogP contribution in [-0.4, -0.2) is 23.0 Å². The molecule has 5 heteroatoms. The number of hydrogen-bond acceptors (Lipinski definition) is 4. The SMILES string of the molecule is COc1cc(NC(=O)c2ccc3ccccc3n2)c2ncccc2c1. The Morgan fingerprint density at radius 2 is 1.84 bits per heavy atom. The van der Waals surface area contributed by atoms with Crippen molar-refractivity contribution in [3.05, 3.63) is 72.6 Å². The molecule has 2 aromatic heterocycles. The second-order valence-electron chi connectivity index (χ2n) is 5.59. The number of fused-ring (bicyclic) bond motifs is 2. The minimum absolute atomic E-state index is 0.286. The quantitative estimate of drug-likeness (QED) is 0.616. The molecule has 1 N–H and O–H groups in total. The van der Waals surface area contributed by atoms with Gasteiger partial charge in [-0.25, -0.2) is 4.98 Å².